The normalized spacial score (nSPS) is 10.9. The SMILES string of the molecule is CCOc1cncc(-c2ccc(CNC(C)C)cc2C)c1. The van der Waals surface area contributed by atoms with Gasteiger partial charge >= 0.3 is 0 Å². The highest BCUT2D eigenvalue weighted by molar-refractivity contribution is 5.67. The minimum Gasteiger partial charge on any atom is -0.492 e. The molecule has 0 aliphatic rings. The number of aromatic nitrogens is 1. The number of hydrogen-bond donors (Lipinski definition) is 1. The van der Waals surface area contributed by atoms with Gasteiger partial charge in [0.25, 0.3) is 0 Å². The second kappa shape index (κ2) is 7.23. The van der Waals surface area contributed by atoms with Crippen molar-refractivity contribution in [1.82, 2.24) is 10.3 Å². The Labute approximate surface area is 127 Å². The van der Waals surface area contributed by atoms with Crippen molar-refractivity contribution >= 4 is 0 Å². The van der Waals surface area contributed by atoms with E-state index in [1.807, 2.05) is 19.2 Å². The third-order valence-corrected chi connectivity index (χ3v) is 3.34. The molecular formula is C18H24N2O. The molecule has 0 radical (unpaired) electrons. The van der Waals surface area contributed by atoms with Gasteiger partial charge in [0.05, 0.1) is 12.8 Å². The number of ether oxygens (including phenoxy) is 1. The van der Waals surface area contributed by atoms with Gasteiger partial charge in [-0.05, 0) is 36.6 Å². The maximum absolute atomic E-state index is 5.52. The molecule has 1 aromatic heterocycles. The molecule has 1 N–H and O–H groups in total. The molecule has 0 saturated carbocycles. The number of nitrogens with one attached hydrogen (secondary N) is 1. The first-order chi connectivity index (χ1) is 10.1. The lowest BCUT2D eigenvalue weighted by atomic mass is 9.99. The monoisotopic (exact) mass is 284 g/mol. The van der Waals surface area contributed by atoms with E-state index in [-0.39, 0.29) is 0 Å². The molecule has 3 heteroatoms. The fraction of sp³-hybridized carbons (Fsp3) is 0.389. The van der Waals surface area contributed by atoms with Gasteiger partial charge in [0.15, 0.2) is 0 Å². The van der Waals surface area contributed by atoms with Crippen molar-refractivity contribution in [2.75, 3.05) is 6.61 Å². The van der Waals surface area contributed by atoms with Crippen molar-refractivity contribution in [1.29, 1.82) is 0 Å². The fourth-order valence-corrected chi connectivity index (χ4v) is 2.29. The zero-order valence-electron chi connectivity index (χ0n) is 13.3. The summed E-state index contributed by atoms with van der Waals surface area (Å²) in [5, 5.41) is 3.44. The number of benzene rings is 1. The minimum atomic E-state index is 0.497. The summed E-state index contributed by atoms with van der Waals surface area (Å²) in [4.78, 5) is 4.27. The molecule has 2 rings (SSSR count). The Morgan fingerprint density at radius 1 is 1.19 bits per heavy atom. The number of rotatable bonds is 6. The Bertz CT molecular complexity index is 594. The molecule has 0 spiro atoms. The van der Waals surface area contributed by atoms with Crippen LogP contribution >= 0.6 is 0 Å². The van der Waals surface area contributed by atoms with Gasteiger partial charge in [-0.1, -0.05) is 32.0 Å². The first-order valence-electron chi connectivity index (χ1n) is 7.51. The Balaban J connectivity index is 2.22. The quantitative estimate of drug-likeness (QED) is 0.872. The summed E-state index contributed by atoms with van der Waals surface area (Å²) in [6, 6.07) is 9.12. The predicted octanol–water partition coefficient (Wildman–Crippen LogP) is 3.95. The molecule has 0 atom stereocenters. The van der Waals surface area contributed by atoms with Crippen LogP contribution in [0.3, 0.4) is 0 Å². The van der Waals surface area contributed by atoms with E-state index in [1.54, 1.807) is 6.20 Å². The van der Waals surface area contributed by atoms with Gasteiger partial charge < -0.3 is 10.1 Å². The van der Waals surface area contributed by atoms with Gasteiger partial charge in [-0.2, -0.15) is 0 Å². The van der Waals surface area contributed by atoms with Crippen LogP contribution in [-0.4, -0.2) is 17.6 Å². The van der Waals surface area contributed by atoms with Gasteiger partial charge in [-0.15, -0.1) is 0 Å². The maximum Gasteiger partial charge on any atom is 0.138 e. The lowest BCUT2D eigenvalue weighted by molar-refractivity contribution is 0.339. The topological polar surface area (TPSA) is 34.1 Å². The average Bonchev–Trinajstić information content (AvgIpc) is 2.46. The van der Waals surface area contributed by atoms with Crippen molar-refractivity contribution < 1.29 is 4.74 Å². The Hall–Kier alpha value is -1.87. The van der Waals surface area contributed by atoms with Crippen LogP contribution in [0.4, 0.5) is 0 Å². The van der Waals surface area contributed by atoms with Crippen molar-refractivity contribution in [3.63, 3.8) is 0 Å². The van der Waals surface area contributed by atoms with Crippen LogP contribution in [-0.2, 0) is 6.54 Å². The molecule has 3 nitrogen and oxygen atoms in total. The van der Waals surface area contributed by atoms with Crippen molar-refractivity contribution in [2.45, 2.75) is 40.3 Å². The summed E-state index contributed by atoms with van der Waals surface area (Å²) in [6.45, 7) is 9.99. The van der Waals surface area contributed by atoms with Crippen LogP contribution in [0.15, 0.2) is 36.7 Å². The van der Waals surface area contributed by atoms with E-state index in [0.717, 1.165) is 17.9 Å². The second-order valence-electron chi connectivity index (χ2n) is 5.53. The Morgan fingerprint density at radius 2 is 2.00 bits per heavy atom. The van der Waals surface area contributed by atoms with E-state index in [4.69, 9.17) is 4.74 Å². The standard InChI is InChI=1S/C18H24N2O/c1-5-21-17-9-16(11-19-12-17)18-7-6-15(8-14(18)4)10-20-13(2)3/h6-9,11-13,20H,5,10H2,1-4H3. The lowest BCUT2D eigenvalue weighted by Gasteiger charge is -2.12. The maximum atomic E-state index is 5.52. The average molecular weight is 284 g/mol. The van der Waals surface area contributed by atoms with E-state index >= 15 is 0 Å². The van der Waals surface area contributed by atoms with Crippen LogP contribution in [0.5, 0.6) is 5.75 Å². The third-order valence-electron chi connectivity index (χ3n) is 3.34. The summed E-state index contributed by atoms with van der Waals surface area (Å²) >= 11 is 0. The molecule has 0 aliphatic carbocycles. The summed E-state index contributed by atoms with van der Waals surface area (Å²) in [5.41, 5.74) is 4.87. The smallest absolute Gasteiger partial charge is 0.138 e. The number of nitrogens with zero attached hydrogens (tertiary/aromatic N) is 1. The molecule has 0 amide bonds. The van der Waals surface area contributed by atoms with Crippen LogP contribution < -0.4 is 10.1 Å². The van der Waals surface area contributed by atoms with Crippen molar-refractivity contribution in [3.05, 3.63) is 47.8 Å². The minimum absolute atomic E-state index is 0.497. The largest absolute Gasteiger partial charge is 0.492 e. The van der Waals surface area contributed by atoms with Gasteiger partial charge in [-0.25, -0.2) is 0 Å². The molecule has 2 aromatic rings. The van der Waals surface area contributed by atoms with Gasteiger partial charge in [0.1, 0.15) is 5.75 Å². The molecule has 21 heavy (non-hydrogen) atoms. The lowest BCUT2D eigenvalue weighted by Crippen LogP contribution is -2.21. The Morgan fingerprint density at radius 3 is 2.67 bits per heavy atom. The number of aryl methyl sites for hydroxylation is 1. The van der Waals surface area contributed by atoms with E-state index in [9.17, 15) is 0 Å². The zero-order chi connectivity index (χ0) is 15.2. The second-order valence-corrected chi connectivity index (χ2v) is 5.53. The molecule has 1 heterocycles. The van der Waals surface area contributed by atoms with Gasteiger partial charge in [-0.3, -0.25) is 4.98 Å². The molecule has 0 unspecified atom stereocenters. The van der Waals surface area contributed by atoms with E-state index in [0.29, 0.717) is 12.6 Å². The first kappa shape index (κ1) is 15.5. The van der Waals surface area contributed by atoms with Crippen molar-refractivity contribution in [2.24, 2.45) is 0 Å². The fourth-order valence-electron chi connectivity index (χ4n) is 2.29. The van der Waals surface area contributed by atoms with Crippen molar-refractivity contribution in [3.8, 4) is 16.9 Å². The molecule has 0 saturated heterocycles. The summed E-state index contributed by atoms with van der Waals surface area (Å²) in [5.74, 6) is 0.819. The number of hydrogen-bond acceptors (Lipinski definition) is 3. The molecule has 0 aliphatic heterocycles. The van der Waals surface area contributed by atoms with Crippen LogP contribution in [0.2, 0.25) is 0 Å². The molecule has 112 valence electrons. The predicted molar refractivity (Wildman–Crippen MR) is 87.6 cm³/mol. The third kappa shape index (κ3) is 4.30. The van der Waals surface area contributed by atoms with Crippen LogP contribution in [0, 0.1) is 6.92 Å². The van der Waals surface area contributed by atoms with E-state index in [2.05, 4.69) is 49.3 Å². The summed E-state index contributed by atoms with van der Waals surface area (Å²) < 4.78 is 5.52. The van der Waals surface area contributed by atoms with E-state index in [1.165, 1.54) is 16.7 Å². The first-order valence-corrected chi connectivity index (χ1v) is 7.51. The zero-order valence-corrected chi connectivity index (χ0v) is 13.3. The van der Waals surface area contributed by atoms with E-state index < -0.39 is 0 Å². The Kier molecular flexibility index (Phi) is 5.34. The highest BCUT2D eigenvalue weighted by Crippen LogP contribution is 2.26. The highest BCUT2D eigenvalue weighted by Gasteiger charge is 2.05. The van der Waals surface area contributed by atoms with Crippen LogP contribution in [0.1, 0.15) is 31.9 Å². The molecular weight excluding hydrogens is 260 g/mol. The number of pyridine rings is 1. The molecule has 1 aromatic carbocycles. The summed E-state index contributed by atoms with van der Waals surface area (Å²) in [7, 11) is 0. The summed E-state index contributed by atoms with van der Waals surface area (Å²) in [6.07, 6.45) is 3.64. The highest BCUT2D eigenvalue weighted by atomic mass is 16.5. The van der Waals surface area contributed by atoms with Crippen LogP contribution in [0.25, 0.3) is 11.1 Å². The molecule has 0 fully saturated rings. The van der Waals surface area contributed by atoms with Gasteiger partial charge in [0.2, 0.25) is 0 Å². The molecule has 0 bridgehead atoms. The van der Waals surface area contributed by atoms with Gasteiger partial charge in [0, 0.05) is 24.3 Å².